The lowest BCUT2D eigenvalue weighted by Gasteiger charge is -2.17. The van der Waals surface area contributed by atoms with E-state index in [1.165, 1.54) is 0 Å². The van der Waals surface area contributed by atoms with Crippen LogP contribution < -0.4 is 4.90 Å². The van der Waals surface area contributed by atoms with Crippen LogP contribution in [0.1, 0.15) is 5.56 Å². The van der Waals surface area contributed by atoms with Crippen LogP contribution >= 0.6 is 15.9 Å². The number of hydrogen-bond acceptors (Lipinski definition) is 1. The van der Waals surface area contributed by atoms with Gasteiger partial charge in [0.15, 0.2) is 0 Å². The summed E-state index contributed by atoms with van der Waals surface area (Å²) in [6.45, 7) is -1.97. The molecule has 1 nitrogen and oxygen atoms in total. The topological polar surface area (TPSA) is 3.24 Å². The molecule has 0 N–H and O–H groups in total. The van der Waals surface area contributed by atoms with Crippen LogP contribution in [0.15, 0.2) is 22.7 Å². The summed E-state index contributed by atoms with van der Waals surface area (Å²) in [5.74, 6) is 0. The van der Waals surface area contributed by atoms with Crippen molar-refractivity contribution in [3.05, 3.63) is 28.2 Å². The standard InChI is InChI=1S/C9H8BrF2N/c10-7-1-2-8-6(5-7)3-4-13(8)9(11)12/h1-2,5,9H,3-4H2. The van der Waals surface area contributed by atoms with E-state index in [9.17, 15) is 8.78 Å². The van der Waals surface area contributed by atoms with Crippen LogP contribution in [-0.2, 0) is 6.42 Å². The fourth-order valence-electron chi connectivity index (χ4n) is 1.60. The average molecular weight is 248 g/mol. The molecule has 0 bridgehead atoms. The first-order valence-electron chi connectivity index (χ1n) is 4.02. The lowest BCUT2D eigenvalue weighted by molar-refractivity contribution is 0.145. The summed E-state index contributed by atoms with van der Waals surface area (Å²) < 4.78 is 25.8. The van der Waals surface area contributed by atoms with E-state index in [0.717, 1.165) is 14.9 Å². The summed E-state index contributed by atoms with van der Waals surface area (Å²) in [7, 11) is 0. The highest BCUT2D eigenvalue weighted by Gasteiger charge is 2.25. The molecule has 4 heteroatoms. The maximum Gasteiger partial charge on any atom is 0.315 e. The van der Waals surface area contributed by atoms with Crippen LogP contribution in [0.5, 0.6) is 0 Å². The van der Waals surface area contributed by atoms with Gasteiger partial charge in [-0.3, -0.25) is 0 Å². The fraction of sp³-hybridized carbons (Fsp3) is 0.333. The van der Waals surface area contributed by atoms with Crippen LogP contribution in [0.4, 0.5) is 14.5 Å². The van der Waals surface area contributed by atoms with Crippen molar-refractivity contribution in [3.63, 3.8) is 0 Å². The van der Waals surface area contributed by atoms with Crippen molar-refractivity contribution in [2.24, 2.45) is 0 Å². The van der Waals surface area contributed by atoms with E-state index in [0.29, 0.717) is 18.7 Å². The van der Waals surface area contributed by atoms with Gasteiger partial charge in [0, 0.05) is 16.7 Å². The lowest BCUT2D eigenvalue weighted by Crippen LogP contribution is -2.26. The van der Waals surface area contributed by atoms with Crippen molar-refractivity contribution in [1.82, 2.24) is 0 Å². The molecule has 2 rings (SSSR count). The van der Waals surface area contributed by atoms with Crippen molar-refractivity contribution in [3.8, 4) is 0 Å². The second-order valence-electron chi connectivity index (χ2n) is 2.99. The highest BCUT2D eigenvalue weighted by molar-refractivity contribution is 9.10. The highest BCUT2D eigenvalue weighted by atomic mass is 79.9. The third-order valence-electron chi connectivity index (χ3n) is 2.21. The molecule has 0 aliphatic carbocycles. The first-order valence-corrected chi connectivity index (χ1v) is 4.81. The molecule has 1 aromatic rings. The maximum atomic E-state index is 12.4. The molecule has 0 radical (unpaired) electrons. The number of alkyl halides is 2. The molecule has 0 aromatic heterocycles. The van der Waals surface area contributed by atoms with Gasteiger partial charge in [-0.05, 0) is 30.2 Å². The maximum absolute atomic E-state index is 12.4. The lowest BCUT2D eigenvalue weighted by atomic mass is 10.2. The summed E-state index contributed by atoms with van der Waals surface area (Å²) in [6, 6.07) is 5.43. The Labute approximate surface area is 83.5 Å². The second-order valence-corrected chi connectivity index (χ2v) is 3.91. The van der Waals surface area contributed by atoms with E-state index in [1.54, 1.807) is 12.1 Å². The monoisotopic (exact) mass is 247 g/mol. The molecule has 13 heavy (non-hydrogen) atoms. The van der Waals surface area contributed by atoms with Gasteiger partial charge >= 0.3 is 6.55 Å². The Morgan fingerprint density at radius 1 is 1.38 bits per heavy atom. The number of fused-ring (bicyclic) bond motifs is 1. The number of rotatable bonds is 1. The van der Waals surface area contributed by atoms with Gasteiger partial charge in [0.1, 0.15) is 0 Å². The zero-order chi connectivity index (χ0) is 9.42. The van der Waals surface area contributed by atoms with Crippen molar-refractivity contribution < 1.29 is 8.78 Å². The first-order chi connectivity index (χ1) is 6.18. The number of nitrogens with zero attached hydrogens (tertiary/aromatic N) is 1. The van der Waals surface area contributed by atoms with Crippen LogP contribution in [0.2, 0.25) is 0 Å². The van der Waals surface area contributed by atoms with Crippen LogP contribution in [0.3, 0.4) is 0 Å². The molecule has 70 valence electrons. The van der Waals surface area contributed by atoms with E-state index >= 15 is 0 Å². The normalized spacial score (nSPS) is 15.2. The molecule has 0 saturated carbocycles. The Bertz CT molecular complexity index is 327. The number of benzene rings is 1. The molecule has 1 aromatic carbocycles. The van der Waals surface area contributed by atoms with Crippen molar-refractivity contribution in [1.29, 1.82) is 0 Å². The van der Waals surface area contributed by atoms with E-state index in [4.69, 9.17) is 0 Å². The molecule has 0 unspecified atom stereocenters. The summed E-state index contributed by atoms with van der Waals surface area (Å²) >= 11 is 3.32. The Morgan fingerprint density at radius 3 is 2.85 bits per heavy atom. The van der Waals surface area contributed by atoms with Gasteiger partial charge in [-0.1, -0.05) is 15.9 Å². The zero-order valence-corrected chi connectivity index (χ0v) is 8.39. The molecule has 0 atom stereocenters. The molecular weight excluding hydrogens is 240 g/mol. The molecule has 0 spiro atoms. The second kappa shape index (κ2) is 3.25. The predicted molar refractivity (Wildman–Crippen MR) is 51.2 cm³/mol. The molecule has 1 heterocycles. The van der Waals surface area contributed by atoms with Crippen molar-refractivity contribution in [2.45, 2.75) is 13.0 Å². The van der Waals surface area contributed by atoms with Gasteiger partial charge < -0.3 is 4.90 Å². The number of halogens is 3. The number of hydrogen-bond donors (Lipinski definition) is 0. The first kappa shape index (κ1) is 8.94. The van der Waals surface area contributed by atoms with Gasteiger partial charge in [-0.15, -0.1) is 0 Å². The van der Waals surface area contributed by atoms with Crippen LogP contribution in [0, 0.1) is 0 Å². The summed E-state index contributed by atoms with van der Waals surface area (Å²) in [4.78, 5) is 1.13. The molecule has 1 aliphatic heterocycles. The van der Waals surface area contributed by atoms with Gasteiger partial charge in [0.2, 0.25) is 0 Å². The van der Waals surface area contributed by atoms with Gasteiger partial charge in [-0.25, -0.2) is 0 Å². The molecular formula is C9H8BrF2N. The summed E-state index contributed by atoms with van der Waals surface area (Å²) in [5, 5.41) is 0. The van der Waals surface area contributed by atoms with Gasteiger partial charge in [0.25, 0.3) is 0 Å². The third-order valence-corrected chi connectivity index (χ3v) is 2.70. The summed E-state index contributed by atoms with van der Waals surface area (Å²) in [6.07, 6.45) is 0.707. The zero-order valence-electron chi connectivity index (χ0n) is 6.80. The third kappa shape index (κ3) is 1.55. The smallest absolute Gasteiger partial charge is 0.315 e. The van der Waals surface area contributed by atoms with Crippen molar-refractivity contribution >= 4 is 21.6 Å². The highest BCUT2D eigenvalue weighted by Crippen LogP contribution is 2.32. The quantitative estimate of drug-likeness (QED) is 0.690. The fourth-order valence-corrected chi connectivity index (χ4v) is 2.01. The minimum Gasteiger partial charge on any atom is -0.315 e. The Balaban J connectivity index is 2.38. The minimum atomic E-state index is -2.39. The van der Waals surface area contributed by atoms with E-state index in [2.05, 4.69) is 15.9 Å². The van der Waals surface area contributed by atoms with E-state index in [-0.39, 0.29) is 0 Å². The Kier molecular flexibility index (Phi) is 2.24. The largest absolute Gasteiger partial charge is 0.315 e. The number of anilines is 1. The predicted octanol–water partition coefficient (Wildman–Crippen LogP) is 3.03. The average Bonchev–Trinajstić information content (AvgIpc) is 2.46. The SMILES string of the molecule is FC(F)N1CCc2cc(Br)ccc21. The Morgan fingerprint density at radius 2 is 2.15 bits per heavy atom. The Hall–Kier alpha value is -0.640. The van der Waals surface area contributed by atoms with Crippen molar-refractivity contribution in [2.75, 3.05) is 11.4 Å². The van der Waals surface area contributed by atoms with Crippen LogP contribution in [0.25, 0.3) is 0 Å². The molecule has 0 amide bonds. The van der Waals surface area contributed by atoms with E-state index < -0.39 is 6.55 Å². The molecule has 0 saturated heterocycles. The van der Waals surface area contributed by atoms with Gasteiger partial charge in [-0.2, -0.15) is 8.78 Å². The molecule has 1 aliphatic rings. The van der Waals surface area contributed by atoms with Gasteiger partial charge in [0.05, 0.1) is 0 Å². The molecule has 0 fully saturated rings. The minimum absolute atomic E-state index is 0.420. The summed E-state index contributed by atoms with van der Waals surface area (Å²) in [5.41, 5.74) is 1.66. The van der Waals surface area contributed by atoms with E-state index in [1.807, 2.05) is 6.07 Å². The van der Waals surface area contributed by atoms with Crippen LogP contribution in [-0.4, -0.2) is 13.1 Å².